The van der Waals surface area contributed by atoms with Crippen molar-refractivity contribution in [3.8, 4) is 0 Å². The molecule has 1 heterocycles. The zero-order chi connectivity index (χ0) is 10.7. The number of hydrogen-bond acceptors (Lipinski definition) is 2. The first kappa shape index (κ1) is 10.9. The van der Waals surface area contributed by atoms with Crippen LogP contribution in [0.3, 0.4) is 0 Å². The van der Waals surface area contributed by atoms with Crippen molar-refractivity contribution in [2.75, 3.05) is 13.1 Å². The minimum atomic E-state index is 0.218. The SMILES string of the molecule is CCC1NCCC1C(=O)NCC1CCC1. The third kappa shape index (κ3) is 2.51. The van der Waals surface area contributed by atoms with Crippen molar-refractivity contribution in [3.63, 3.8) is 0 Å². The largest absolute Gasteiger partial charge is 0.356 e. The minimum absolute atomic E-state index is 0.218. The van der Waals surface area contributed by atoms with E-state index in [4.69, 9.17) is 0 Å². The van der Waals surface area contributed by atoms with Gasteiger partial charge in [-0.1, -0.05) is 13.3 Å². The highest BCUT2D eigenvalue weighted by Crippen LogP contribution is 2.25. The third-order valence-corrected chi connectivity index (χ3v) is 3.91. The molecular formula is C12H22N2O. The Kier molecular flexibility index (Phi) is 3.62. The van der Waals surface area contributed by atoms with Gasteiger partial charge in [-0.25, -0.2) is 0 Å². The molecule has 1 aliphatic heterocycles. The number of nitrogens with one attached hydrogen (secondary N) is 2. The molecule has 1 saturated carbocycles. The fraction of sp³-hybridized carbons (Fsp3) is 0.917. The van der Waals surface area contributed by atoms with Crippen molar-refractivity contribution in [1.29, 1.82) is 0 Å². The Balaban J connectivity index is 1.73. The van der Waals surface area contributed by atoms with Crippen LogP contribution in [0.5, 0.6) is 0 Å². The Morgan fingerprint density at radius 2 is 2.20 bits per heavy atom. The lowest BCUT2D eigenvalue weighted by Gasteiger charge is -2.26. The van der Waals surface area contributed by atoms with Gasteiger partial charge in [0.15, 0.2) is 0 Å². The average molecular weight is 210 g/mol. The molecule has 86 valence electrons. The van der Waals surface area contributed by atoms with Gasteiger partial charge in [0.2, 0.25) is 5.91 Å². The van der Waals surface area contributed by atoms with Crippen LogP contribution < -0.4 is 10.6 Å². The molecule has 0 radical (unpaired) electrons. The van der Waals surface area contributed by atoms with E-state index in [-0.39, 0.29) is 11.8 Å². The van der Waals surface area contributed by atoms with Gasteiger partial charge in [-0.3, -0.25) is 4.79 Å². The monoisotopic (exact) mass is 210 g/mol. The number of hydrogen-bond donors (Lipinski definition) is 2. The van der Waals surface area contributed by atoms with Gasteiger partial charge in [-0.05, 0) is 38.1 Å². The summed E-state index contributed by atoms with van der Waals surface area (Å²) in [6.45, 7) is 4.06. The lowest BCUT2D eigenvalue weighted by atomic mass is 9.85. The first-order valence-corrected chi connectivity index (χ1v) is 6.32. The van der Waals surface area contributed by atoms with E-state index in [0.29, 0.717) is 6.04 Å². The number of carbonyl (C=O) groups excluding carboxylic acids is 1. The van der Waals surface area contributed by atoms with Crippen molar-refractivity contribution in [3.05, 3.63) is 0 Å². The molecule has 1 amide bonds. The van der Waals surface area contributed by atoms with Crippen LogP contribution in [-0.2, 0) is 4.79 Å². The second-order valence-electron chi connectivity index (χ2n) is 4.91. The van der Waals surface area contributed by atoms with Gasteiger partial charge >= 0.3 is 0 Å². The number of carbonyl (C=O) groups is 1. The summed E-state index contributed by atoms with van der Waals surface area (Å²) in [5.74, 6) is 1.26. The standard InChI is InChI=1S/C12H22N2O/c1-2-11-10(6-7-13-11)12(15)14-8-9-4-3-5-9/h9-11,13H,2-8H2,1H3,(H,14,15). The van der Waals surface area contributed by atoms with Crippen molar-refractivity contribution in [2.24, 2.45) is 11.8 Å². The van der Waals surface area contributed by atoms with Crippen LogP contribution >= 0.6 is 0 Å². The van der Waals surface area contributed by atoms with Gasteiger partial charge in [0.1, 0.15) is 0 Å². The normalized spacial score (nSPS) is 31.3. The van der Waals surface area contributed by atoms with Crippen molar-refractivity contribution >= 4 is 5.91 Å². The predicted molar refractivity (Wildman–Crippen MR) is 60.5 cm³/mol. The van der Waals surface area contributed by atoms with Gasteiger partial charge in [-0.15, -0.1) is 0 Å². The third-order valence-electron chi connectivity index (χ3n) is 3.91. The van der Waals surface area contributed by atoms with Crippen molar-refractivity contribution < 1.29 is 4.79 Å². The minimum Gasteiger partial charge on any atom is -0.356 e. The highest BCUT2D eigenvalue weighted by molar-refractivity contribution is 5.79. The van der Waals surface area contributed by atoms with Gasteiger partial charge in [-0.2, -0.15) is 0 Å². The van der Waals surface area contributed by atoms with Crippen LogP contribution in [0.25, 0.3) is 0 Å². The Bertz CT molecular complexity index is 226. The first-order chi connectivity index (χ1) is 7.31. The quantitative estimate of drug-likeness (QED) is 0.734. The number of rotatable bonds is 4. The molecule has 3 heteroatoms. The van der Waals surface area contributed by atoms with Crippen LogP contribution in [0, 0.1) is 11.8 Å². The number of amides is 1. The molecule has 2 rings (SSSR count). The zero-order valence-corrected chi connectivity index (χ0v) is 9.59. The summed E-state index contributed by atoms with van der Waals surface area (Å²) in [6, 6.07) is 0.409. The van der Waals surface area contributed by atoms with Crippen LogP contribution in [0.4, 0.5) is 0 Å². The molecule has 2 fully saturated rings. The zero-order valence-electron chi connectivity index (χ0n) is 9.59. The van der Waals surface area contributed by atoms with Gasteiger partial charge < -0.3 is 10.6 Å². The summed E-state index contributed by atoms with van der Waals surface area (Å²) in [5, 5.41) is 6.50. The van der Waals surface area contributed by atoms with E-state index in [9.17, 15) is 4.79 Å². The Morgan fingerprint density at radius 3 is 2.80 bits per heavy atom. The predicted octanol–water partition coefficient (Wildman–Crippen LogP) is 1.29. The molecule has 2 aliphatic rings. The molecule has 2 atom stereocenters. The maximum atomic E-state index is 11.9. The van der Waals surface area contributed by atoms with Gasteiger partial charge in [0.05, 0.1) is 5.92 Å². The van der Waals surface area contributed by atoms with Crippen molar-refractivity contribution in [2.45, 2.75) is 45.1 Å². The fourth-order valence-corrected chi connectivity index (χ4v) is 2.58. The summed E-state index contributed by atoms with van der Waals surface area (Å²) in [6.07, 6.45) is 6.03. The summed E-state index contributed by atoms with van der Waals surface area (Å²) in [7, 11) is 0. The molecule has 1 saturated heterocycles. The van der Waals surface area contributed by atoms with E-state index in [1.54, 1.807) is 0 Å². The molecule has 0 bridgehead atoms. The molecule has 0 aromatic carbocycles. The average Bonchev–Trinajstić information content (AvgIpc) is 2.62. The molecule has 3 nitrogen and oxygen atoms in total. The smallest absolute Gasteiger partial charge is 0.224 e. The van der Waals surface area contributed by atoms with Crippen LogP contribution in [0.15, 0.2) is 0 Å². The summed E-state index contributed by atoms with van der Waals surface area (Å²) in [5.41, 5.74) is 0. The topological polar surface area (TPSA) is 41.1 Å². The van der Waals surface area contributed by atoms with E-state index in [2.05, 4.69) is 17.6 Å². The molecule has 1 aliphatic carbocycles. The molecular weight excluding hydrogens is 188 g/mol. The second kappa shape index (κ2) is 4.97. The highest BCUT2D eigenvalue weighted by atomic mass is 16.1. The maximum Gasteiger partial charge on any atom is 0.224 e. The fourth-order valence-electron chi connectivity index (χ4n) is 2.58. The molecule has 0 aromatic heterocycles. The van der Waals surface area contributed by atoms with Crippen LogP contribution in [0.1, 0.15) is 39.0 Å². The second-order valence-corrected chi connectivity index (χ2v) is 4.91. The Morgan fingerprint density at radius 1 is 1.40 bits per heavy atom. The van der Waals surface area contributed by atoms with E-state index in [1.807, 2.05) is 0 Å². The van der Waals surface area contributed by atoms with E-state index >= 15 is 0 Å². The van der Waals surface area contributed by atoms with E-state index < -0.39 is 0 Å². The van der Waals surface area contributed by atoms with Crippen LogP contribution in [-0.4, -0.2) is 25.0 Å². The molecule has 0 aromatic rings. The lowest BCUT2D eigenvalue weighted by molar-refractivity contribution is -0.125. The van der Waals surface area contributed by atoms with Gasteiger partial charge in [0, 0.05) is 12.6 Å². The molecule has 2 N–H and O–H groups in total. The molecule has 0 spiro atoms. The Hall–Kier alpha value is -0.570. The lowest BCUT2D eigenvalue weighted by Crippen LogP contribution is -2.40. The molecule has 15 heavy (non-hydrogen) atoms. The maximum absolute atomic E-state index is 11.9. The molecule has 2 unspecified atom stereocenters. The summed E-state index contributed by atoms with van der Waals surface area (Å²) >= 11 is 0. The van der Waals surface area contributed by atoms with E-state index in [0.717, 1.165) is 31.8 Å². The van der Waals surface area contributed by atoms with E-state index in [1.165, 1.54) is 19.3 Å². The van der Waals surface area contributed by atoms with Crippen molar-refractivity contribution in [1.82, 2.24) is 10.6 Å². The summed E-state index contributed by atoms with van der Waals surface area (Å²) < 4.78 is 0. The Labute approximate surface area is 92.0 Å². The van der Waals surface area contributed by atoms with Gasteiger partial charge in [0.25, 0.3) is 0 Å². The highest BCUT2D eigenvalue weighted by Gasteiger charge is 2.31. The van der Waals surface area contributed by atoms with Crippen LogP contribution in [0.2, 0.25) is 0 Å². The first-order valence-electron chi connectivity index (χ1n) is 6.32. The summed E-state index contributed by atoms with van der Waals surface area (Å²) in [4.78, 5) is 11.9.